The quantitative estimate of drug-likeness (QED) is 0.726. The first kappa shape index (κ1) is 13.4. The Balaban J connectivity index is 2.25. The van der Waals surface area contributed by atoms with Gasteiger partial charge in [0.05, 0.1) is 18.2 Å². The Hall–Kier alpha value is -2.57. The summed E-state index contributed by atoms with van der Waals surface area (Å²) in [5, 5.41) is 4.19. The lowest BCUT2D eigenvalue weighted by Crippen LogP contribution is -2.07. The van der Waals surface area contributed by atoms with E-state index in [0.717, 1.165) is 12.3 Å². The van der Waals surface area contributed by atoms with E-state index in [9.17, 15) is 13.2 Å². The number of aromatic nitrogens is 3. The fourth-order valence-electron chi connectivity index (χ4n) is 2.13. The van der Waals surface area contributed by atoms with Gasteiger partial charge >= 0.3 is 6.18 Å². The zero-order valence-electron chi connectivity index (χ0n) is 10.9. The smallest absolute Gasteiger partial charge is 0.433 e. The minimum absolute atomic E-state index is 0.264. The first-order valence-electron chi connectivity index (χ1n) is 6.05. The molecule has 0 amide bonds. The lowest BCUT2D eigenvalue weighted by molar-refractivity contribution is -0.141. The van der Waals surface area contributed by atoms with Crippen molar-refractivity contribution in [1.29, 1.82) is 0 Å². The molecule has 0 bridgehead atoms. The van der Waals surface area contributed by atoms with Crippen LogP contribution in [0, 0.1) is 0 Å². The number of methoxy groups -OCH3 is 1. The number of alkyl halides is 3. The highest BCUT2D eigenvalue weighted by Gasteiger charge is 2.33. The van der Waals surface area contributed by atoms with Crippen LogP contribution >= 0.6 is 0 Å². The van der Waals surface area contributed by atoms with Crippen LogP contribution in [0.25, 0.3) is 16.6 Å². The number of fused-ring (bicyclic) bond motifs is 1. The maximum atomic E-state index is 12.8. The third-order valence-corrected chi connectivity index (χ3v) is 3.04. The first-order valence-corrected chi connectivity index (χ1v) is 6.05. The molecule has 0 fully saturated rings. The van der Waals surface area contributed by atoms with Crippen LogP contribution in [-0.4, -0.2) is 21.7 Å². The average Bonchev–Trinajstić information content (AvgIpc) is 2.85. The summed E-state index contributed by atoms with van der Waals surface area (Å²) in [6.45, 7) is 0. The SMILES string of the molecule is COc1nn2ccccc2c1-c1ccnc(C(F)(F)F)c1. The van der Waals surface area contributed by atoms with Crippen LogP contribution in [0.2, 0.25) is 0 Å². The Morgan fingerprint density at radius 3 is 2.71 bits per heavy atom. The fraction of sp³-hybridized carbons (Fsp3) is 0.143. The van der Waals surface area contributed by atoms with Gasteiger partial charge in [0.15, 0.2) is 0 Å². The molecule has 108 valence electrons. The zero-order chi connectivity index (χ0) is 15.0. The molecule has 7 heteroatoms. The topological polar surface area (TPSA) is 39.4 Å². The number of halogens is 3. The zero-order valence-corrected chi connectivity index (χ0v) is 10.9. The monoisotopic (exact) mass is 293 g/mol. The molecule has 0 spiro atoms. The van der Waals surface area contributed by atoms with Crippen LogP contribution in [-0.2, 0) is 6.18 Å². The molecule has 0 saturated carbocycles. The molecule has 0 aliphatic carbocycles. The summed E-state index contributed by atoms with van der Waals surface area (Å²) in [7, 11) is 1.43. The van der Waals surface area contributed by atoms with Gasteiger partial charge in [-0.25, -0.2) is 4.52 Å². The second-order valence-electron chi connectivity index (χ2n) is 4.34. The van der Waals surface area contributed by atoms with E-state index in [1.54, 1.807) is 28.9 Å². The van der Waals surface area contributed by atoms with Gasteiger partial charge in [0, 0.05) is 12.4 Å². The maximum absolute atomic E-state index is 12.8. The van der Waals surface area contributed by atoms with Gasteiger partial charge in [-0.1, -0.05) is 6.07 Å². The van der Waals surface area contributed by atoms with Crippen LogP contribution in [0.3, 0.4) is 0 Å². The molecule has 3 heterocycles. The van der Waals surface area contributed by atoms with E-state index < -0.39 is 11.9 Å². The molecule has 0 aliphatic heterocycles. The van der Waals surface area contributed by atoms with Crippen LogP contribution in [0.15, 0.2) is 42.7 Å². The van der Waals surface area contributed by atoms with Crippen molar-refractivity contribution < 1.29 is 17.9 Å². The predicted molar refractivity (Wildman–Crippen MR) is 70.0 cm³/mol. The molecule has 0 aliphatic rings. The van der Waals surface area contributed by atoms with E-state index in [2.05, 4.69) is 10.1 Å². The summed E-state index contributed by atoms with van der Waals surface area (Å²) in [5.41, 5.74) is 0.576. The van der Waals surface area contributed by atoms with Gasteiger partial charge in [0.1, 0.15) is 5.69 Å². The molecular formula is C14H10F3N3O. The van der Waals surface area contributed by atoms with Crippen molar-refractivity contribution in [2.75, 3.05) is 7.11 Å². The summed E-state index contributed by atoms with van der Waals surface area (Å²) < 4.78 is 45.1. The largest absolute Gasteiger partial charge is 0.479 e. The molecular weight excluding hydrogens is 283 g/mol. The Labute approximate surface area is 117 Å². The molecule has 0 unspecified atom stereocenters. The summed E-state index contributed by atoms with van der Waals surface area (Å²) in [5.74, 6) is 0.264. The first-order chi connectivity index (χ1) is 10.0. The lowest BCUT2D eigenvalue weighted by Gasteiger charge is -2.07. The van der Waals surface area contributed by atoms with Gasteiger partial charge in [-0.3, -0.25) is 4.98 Å². The second-order valence-corrected chi connectivity index (χ2v) is 4.34. The van der Waals surface area contributed by atoms with E-state index in [1.807, 2.05) is 0 Å². The summed E-state index contributed by atoms with van der Waals surface area (Å²) in [6.07, 6.45) is -1.66. The van der Waals surface area contributed by atoms with Crippen LogP contribution in [0.5, 0.6) is 5.88 Å². The summed E-state index contributed by atoms with van der Waals surface area (Å²) >= 11 is 0. The van der Waals surface area contributed by atoms with Crippen molar-refractivity contribution >= 4 is 5.52 Å². The maximum Gasteiger partial charge on any atom is 0.433 e. The summed E-state index contributed by atoms with van der Waals surface area (Å²) in [6, 6.07) is 7.82. The highest BCUT2D eigenvalue weighted by Crippen LogP contribution is 2.36. The van der Waals surface area contributed by atoms with Crippen LogP contribution < -0.4 is 4.74 Å². The Morgan fingerprint density at radius 2 is 2.00 bits per heavy atom. The molecule has 0 aromatic carbocycles. The molecule has 3 rings (SSSR count). The van der Waals surface area contributed by atoms with Gasteiger partial charge in [-0.05, 0) is 29.8 Å². The van der Waals surface area contributed by atoms with Gasteiger partial charge in [-0.2, -0.15) is 13.2 Å². The Kier molecular flexibility index (Phi) is 3.04. The minimum atomic E-state index is -4.49. The van der Waals surface area contributed by atoms with Gasteiger partial charge in [0.2, 0.25) is 5.88 Å². The molecule has 0 N–H and O–H groups in total. The van der Waals surface area contributed by atoms with Crippen molar-refractivity contribution in [1.82, 2.24) is 14.6 Å². The molecule has 0 radical (unpaired) electrons. The van der Waals surface area contributed by atoms with E-state index >= 15 is 0 Å². The van der Waals surface area contributed by atoms with Gasteiger partial charge in [0.25, 0.3) is 0 Å². The standard InChI is InChI=1S/C14H10F3N3O/c1-21-13-12(10-4-2-3-7-20(10)19-13)9-5-6-18-11(8-9)14(15,16)17/h2-8H,1H3. The average molecular weight is 293 g/mol. The van der Waals surface area contributed by atoms with Crippen LogP contribution in [0.1, 0.15) is 5.69 Å². The number of nitrogens with zero attached hydrogens (tertiary/aromatic N) is 3. The lowest BCUT2D eigenvalue weighted by atomic mass is 10.1. The normalized spacial score (nSPS) is 11.8. The second kappa shape index (κ2) is 4.76. The van der Waals surface area contributed by atoms with Crippen molar-refractivity contribution in [2.24, 2.45) is 0 Å². The van der Waals surface area contributed by atoms with Crippen molar-refractivity contribution in [2.45, 2.75) is 6.18 Å². The molecule has 0 atom stereocenters. The van der Waals surface area contributed by atoms with Gasteiger partial charge in [-0.15, -0.1) is 5.10 Å². The highest BCUT2D eigenvalue weighted by molar-refractivity contribution is 5.84. The number of ether oxygens (including phenoxy) is 1. The predicted octanol–water partition coefficient (Wildman–Crippen LogP) is 3.42. The highest BCUT2D eigenvalue weighted by atomic mass is 19.4. The summed E-state index contributed by atoms with van der Waals surface area (Å²) in [4.78, 5) is 3.36. The Bertz CT molecular complexity index is 796. The number of rotatable bonds is 2. The molecule has 4 nitrogen and oxygen atoms in total. The number of hydrogen-bond acceptors (Lipinski definition) is 3. The Morgan fingerprint density at radius 1 is 1.19 bits per heavy atom. The van der Waals surface area contributed by atoms with Gasteiger partial charge < -0.3 is 4.74 Å². The fourth-order valence-corrected chi connectivity index (χ4v) is 2.13. The van der Waals surface area contributed by atoms with Crippen molar-refractivity contribution in [3.8, 4) is 17.0 Å². The molecule has 3 aromatic heterocycles. The number of hydrogen-bond donors (Lipinski definition) is 0. The van der Waals surface area contributed by atoms with E-state index in [1.165, 1.54) is 13.2 Å². The van der Waals surface area contributed by atoms with E-state index in [-0.39, 0.29) is 5.88 Å². The van der Waals surface area contributed by atoms with E-state index in [4.69, 9.17) is 4.74 Å². The van der Waals surface area contributed by atoms with Crippen molar-refractivity contribution in [3.05, 3.63) is 48.4 Å². The third-order valence-electron chi connectivity index (χ3n) is 3.04. The minimum Gasteiger partial charge on any atom is -0.479 e. The molecule has 3 aromatic rings. The van der Waals surface area contributed by atoms with Crippen molar-refractivity contribution in [3.63, 3.8) is 0 Å². The molecule has 21 heavy (non-hydrogen) atoms. The third kappa shape index (κ3) is 2.31. The van der Waals surface area contributed by atoms with Crippen LogP contribution in [0.4, 0.5) is 13.2 Å². The molecule has 0 saturated heterocycles. The number of pyridine rings is 2. The van der Waals surface area contributed by atoms with E-state index in [0.29, 0.717) is 16.6 Å².